The van der Waals surface area contributed by atoms with Crippen molar-refractivity contribution in [3.63, 3.8) is 0 Å². The van der Waals surface area contributed by atoms with E-state index in [1.807, 2.05) is 102 Å². The number of aromatic nitrogens is 3. The van der Waals surface area contributed by atoms with Crippen LogP contribution in [0.3, 0.4) is 0 Å². The monoisotopic (exact) mass is 744 g/mol. The molecule has 4 N–H and O–H groups in total. The van der Waals surface area contributed by atoms with Crippen LogP contribution in [0.5, 0.6) is 5.75 Å². The first-order valence-corrected chi connectivity index (χ1v) is 18.3. The Morgan fingerprint density at radius 1 is 0.875 bits per heavy atom. The molecule has 1 spiro atoms. The number of nitrogens with zero attached hydrogens (tertiary/aromatic N) is 4. The predicted molar refractivity (Wildman–Crippen MR) is 206 cm³/mol. The van der Waals surface area contributed by atoms with E-state index in [0.717, 1.165) is 22.2 Å². The average molecular weight is 745 g/mol. The number of hydrogen-bond acceptors (Lipinski definition) is 9. The summed E-state index contributed by atoms with van der Waals surface area (Å²) in [6.07, 6.45) is -0.809. The number of amides is 2. The van der Waals surface area contributed by atoms with Gasteiger partial charge in [-0.15, -0.1) is 5.10 Å². The fourth-order valence-corrected chi connectivity index (χ4v) is 8.89. The number of aliphatic hydroxyl groups excluding tert-OH is 1. The molecule has 5 aromatic carbocycles. The van der Waals surface area contributed by atoms with Crippen molar-refractivity contribution >= 4 is 34.5 Å². The number of morpholine rings is 1. The molecular weight excluding hydrogens is 709 g/mol. The molecule has 0 saturated carbocycles. The third-order valence-electron chi connectivity index (χ3n) is 11.0. The average Bonchev–Trinajstić information content (AvgIpc) is 3.88. The number of nitrogens with one attached hydrogen (secondary N) is 1. The second-order valence-electron chi connectivity index (χ2n) is 14.1. The summed E-state index contributed by atoms with van der Waals surface area (Å²) in [7, 11) is 0. The van der Waals surface area contributed by atoms with Crippen molar-refractivity contribution in [2.45, 2.75) is 36.2 Å². The summed E-state index contributed by atoms with van der Waals surface area (Å²) >= 11 is 0. The van der Waals surface area contributed by atoms with Crippen LogP contribution in [-0.4, -0.2) is 62.0 Å². The first-order valence-electron chi connectivity index (χ1n) is 18.3. The molecule has 4 heterocycles. The van der Waals surface area contributed by atoms with Crippen molar-refractivity contribution in [2.24, 2.45) is 11.7 Å². The van der Waals surface area contributed by atoms with E-state index >= 15 is 4.79 Å². The van der Waals surface area contributed by atoms with Gasteiger partial charge in [0.1, 0.15) is 42.0 Å². The molecule has 0 radical (unpaired) electrons. The van der Waals surface area contributed by atoms with Crippen molar-refractivity contribution in [3.8, 4) is 17.6 Å². The summed E-state index contributed by atoms with van der Waals surface area (Å²) in [5, 5.41) is 21.1. The van der Waals surface area contributed by atoms with Gasteiger partial charge in [0, 0.05) is 11.3 Å². The highest BCUT2D eigenvalue weighted by Crippen LogP contribution is 2.64. The quantitative estimate of drug-likeness (QED) is 0.149. The topological polar surface area (TPSA) is 162 Å². The number of ether oxygens (including phenoxy) is 2. The van der Waals surface area contributed by atoms with Gasteiger partial charge in [-0.3, -0.25) is 19.3 Å². The zero-order chi connectivity index (χ0) is 38.4. The number of esters is 1. The summed E-state index contributed by atoms with van der Waals surface area (Å²) in [5.41, 5.74) is 9.98. The third-order valence-corrected chi connectivity index (χ3v) is 11.0. The number of hydrogen-bond donors (Lipinski definition) is 3. The minimum atomic E-state index is -1.72. The fraction of sp³-hybridized carbons (Fsp3) is 0.205. The smallest absolute Gasteiger partial charge is 0.324 e. The molecule has 9 rings (SSSR count). The zero-order valence-corrected chi connectivity index (χ0v) is 30.0. The molecule has 12 nitrogen and oxygen atoms in total. The lowest BCUT2D eigenvalue weighted by molar-refractivity contribution is -0.178. The lowest BCUT2D eigenvalue weighted by Crippen LogP contribution is -2.53. The Kier molecular flexibility index (Phi) is 8.80. The van der Waals surface area contributed by atoms with Crippen molar-refractivity contribution in [1.29, 1.82) is 0 Å². The summed E-state index contributed by atoms with van der Waals surface area (Å²) in [5.74, 6) is 3.52. The SMILES string of the molecule is NC(=O)C1C2C(=O)OC(c3ccccc3)C(c3ccccc3)N2C(c2cccc(OCCO)c2)C12C(=O)Nc1ccc(C#CCn3nnc4ccccc43)cc12. The maximum absolute atomic E-state index is 15.0. The van der Waals surface area contributed by atoms with Gasteiger partial charge in [-0.25, -0.2) is 4.68 Å². The van der Waals surface area contributed by atoms with E-state index in [0.29, 0.717) is 28.1 Å². The van der Waals surface area contributed by atoms with Crippen LogP contribution in [0, 0.1) is 17.8 Å². The number of para-hydroxylation sites is 1. The number of rotatable bonds is 8. The first-order chi connectivity index (χ1) is 27.4. The van der Waals surface area contributed by atoms with Crippen LogP contribution >= 0.6 is 0 Å². The standard InChI is InChI=1S/C44H36N6O6/c45-41(52)36-38-42(53)56-39(29-14-5-2-6-15-29)37(28-12-3-1-4-13-28)50(38)40(30-16-9-17-31(26-30)55-24-23-51)44(36)32-25-27(20-21-33(32)46-43(44)54)11-10-22-49-35-19-8-7-18-34(35)47-48-49/h1-9,12-21,25-26,36-40,51H,22-24H2,(H2,45,52)(H,46,54). The van der Waals surface area contributed by atoms with Gasteiger partial charge in [0.15, 0.2) is 0 Å². The molecule has 2 amide bonds. The Labute approximate surface area is 321 Å². The molecule has 56 heavy (non-hydrogen) atoms. The molecule has 3 aliphatic rings. The van der Waals surface area contributed by atoms with Gasteiger partial charge in [0.25, 0.3) is 0 Å². The molecule has 6 unspecified atom stereocenters. The summed E-state index contributed by atoms with van der Waals surface area (Å²) in [4.78, 5) is 45.7. The van der Waals surface area contributed by atoms with Crippen LogP contribution in [0.1, 0.15) is 46.0 Å². The van der Waals surface area contributed by atoms with Gasteiger partial charge in [0.2, 0.25) is 11.8 Å². The molecule has 6 aromatic rings. The van der Waals surface area contributed by atoms with Gasteiger partial charge in [0.05, 0.1) is 30.1 Å². The molecule has 2 fully saturated rings. The number of cyclic esters (lactones) is 1. The first kappa shape index (κ1) is 34.9. The molecule has 2 saturated heterocycles. The number of primary amides is 1. The van der Waals surface area contributed by atoms with E-state index in [-0.39, 0.29) is 19.8 Å². The largest absolute Gasteiger partial charge is 0.491 e. The van der Waals surface area contributed by atoms with E-state index in [1.54, 1.807) is 35.0 Å². The van der Waals surface area contributed by atoms with Crippen LogP contribution in [0.25, 0.3) is 11.0 Å². The molecular formula is C44H36N6O6. The summed E-state index contributed by atoms with van der Waals surface area (Å²) in [6, 6.07) is 36.4. The number of nitrogens with two attached hydrogens (primary N) is 1. The molecule has 12 heteroatoms. The fourth-order valence-electron chi connectivity index (χ4n) is 8.89. The Morgan fingerprint density at radius 2 is 1.61 bits per heavy atom. The Balaban J connectivity index is 1.26. The minimum absolute atomic E-state index is 0.0420. The summed E-state index contributed by atoms with van der Waals surface area (Å²) in [6.45, 7) is 0.0949. The van der Waals surface area contributed by atoms with Crippen LogP contribution in [-0.2, 0) is 31.1 Å². The number of carbonyl (C=O) groups is 3. The Hall–Kier alpha value is -6.81. The molecule has 1 aromatic heterocycles. The lowest BCUT2D eigenvalue weighted by atomic mass is 9.65. The van der Waals surface area contributed by atoms with Crippen molar-refractivity contribution in [1.82, 2.24) is 19.9 Å². The number of carbonyl (C=O) groups excluding carboxylic acids is 3. The third kappa shape index (κ3) is 5.59. The Morgan fingerprint density at radius 3 is 2.38 bits per heavy atom. The number of benzene rings is 5. The number of fused-ring (bicyclic) bond motifs is 4. The van der Waals surface area contributed by atoms with Crippen LogP contribution in [0.4, 0.5) is 5.69 Å². The highest BCUT2D eigenvalue weighted by Gasteiger charge is 2.73. The molecule has 3 aliphatic heterocycles. The van der Waals surface area contributed by atoms with Crippen molar-refractivity contribution in [2.75, 3.05) is 18.5 Å². The van der Waals surface area contributed by atoms with Crippen LogP contribution in [0.15, 0.2) is 127 Å². The minimum Gasteiger partial charge on any atom is -0.491 e. The van der Waals surface area contributed by atoms with Crippen molar-refractivity contribution < 1.29 is 29.0 Å². The van der Waals surface area contributed by atoms with E-state index < -0.39 is 53.3 Å². The van der Waals surface area contributed by atoms with E-state index in [1.165, 1.54) is 0 Å². The maximum Gasteiger partial charge on any atom is 0.324 e. The van der Waals surface area contributed by atoms with E-state index in [2.05, 4.69) is 27.5 Å². The zero-order valence-electron chi connectivity index (χ0n) is 30.0. The second-order valence-corrected chi connectivity index (χ2v) is 14.1. The predicted octanol–water partition coefficient (Wildman–Crippen LogP) is 4.61. The highest BCUT2D eigenvalue weighted by molar-refractivity contribution is 6.12. The maximum atomic E-state index is 15.0. The van der Waals surface area contributed by atoms with Crippen LogP contribution in [0.2, 0.25) is 0 Å². The van der Waals surface area contributed by atoms with E-state index in [4.69, 9.17) is 15.2 Å². The molecule has 6 atom stereocenters. The second kappa shape index (κ2) is 14.1. The molecule has 278 valence electrons. The van der Waals surface area contributed by atoms with Gasteiger partial charge < -0.3 is 25.6 Å². The lowest BCUT2D eigenvalue weighted by Gasteiger charge is -2.46. The Bertz CT molecular complexity index is 2550. The van der Waals surface area contributed by atoms with Crippen molar-refractivity contribution in [3.05, 3.63) is 155 Å². The van der Waals surface area contributed by atoms with Gasteiger partial charge >= 0.3 is 5.97 Å². The van der Waals surface area contributed by atoms with Crippen LogP contribution < -0.4 is 15.8 Å². The molecule has 0 bridgehead atoms. The summed E-state index contributed by atoms with van der Waals surface area (Å²) < 4.78 is 13.9. The van der Waals surface area contributed by atoms with Gasteiger partial charge in [-0.1, -0.05) is 102 Å². The van der Waals surface area contributed by atoms with Gasteiger partial charge in [-0.05, 0) is 64.7 Å². The van der Waals surface area contributed by atoms with Gasteiger partial charge in [-0.2, -0.15) is 0 Å². The normalized spacial score (nSPS) is 23.8. The number of aliphatic hydroxyl groups is 1. The number of anilines is 1. The highest BCUT2D eigenvalue weighted by atomic mass is 16.6. The molecule has 0 aliphatic carbocycles. The van der Waals surface area contributed by atoms with E-state index in [9.17, 15) is 14.7 Å².